The van der Waals surface area contributed by atoms with Gasteiger partial charge in [0.2, 0.25) is 0 Å². The summed E-state index contributed by atoms with van der Waals surface area (Å²) in [7, 11) is -3.30. The van der Waals surface area contributed by atoms with Crippen molar-refractivity contribution in [2.24, 2.45) is 5.92 Å². The fourth-order valence-electron chi connectivity index (χ4n) is 3.27. The van der Waals surface area contributed by atoms with E-state index in [4.69, 9.17) is 0 Å². The van der Waals surface area contributed by atoms with Crippen molar-refractivity contribution in [2.75, 3.05) is 0 Å². The van der Waals surface area contributed by atoms with E-state index < -0.39 is 15.1 Å². The maximum absolute atomic E-state index is 12.9. The van der Waals surface area contributed by atoms with E-state index in [1.54, 1.807) is 12.1 Å². The Bertz CT molecular complexity index is 569. The van der Waals surface area contributed by atoms with E-state index in [9.17, 15) is 8.42 Å². The van der Waals surface area contributed by atoms with Gasteiger partial charge in [0.15, 0.2) is 9.84 Å². The van der Waals surface area contributed by atoms with Crippen molar-refractivity contribution in [3.05, 3.63) is 42.5 Å². The molecule has 1 aromatic carbocycles. The second-order valence-electron chi connectivity index (χ2n) is 6.04. The zero-order valence-electron chi connectivity index (χ0n) is 12.9. The molecule has 0 aromatic heterocycles. The van der Waals surface area contributed by atoms with Crippen LogP contribution in [-0.4, -0.2) is 13.7 Å². The maximum atomic E-state index is 12.9. The number of hydrogen-bond donors (Lipinski definition) is 0. The molecule has 0 spiro atoms. The number of rotatable bonds is 7. The van der Waals surface area contributed by atoms with Crippen LogP contribution in [0.25, 0.3) is 0 Å². The molecular weight excluding hydrogens is 280 g/mol. The normalized spacial score (nSPS) is 17.8. The highest BCUT2D eigenvalue weighted by molar-refractivity contribution is 7.92. The van der Waals surface area contributed by atoms with Crippen LogP contribution in [0.1, 0.15) is 51.0 Å². The molecule has 1 unspecified atom stereocenters. The van der Waals surface area contributed by atoms with E-state index in [0.717, 1.165) is 50.5 Å². The molecule has 0 aliphatic heterocycles. The van der Waals surface area contributed by atoms with Gasteiger partial charge in [-0.15, -0.1) is 6.58 Å². The first-order valence-electron chi connectivity index (χ1n) is 8.05. The molecule has 2 nitrogen and oxygen atoms in total. The molecule has 0 saturated heterocycles. The molecule has 0 N–H and O–H groups in total. The van der Waals surface area contributed by atoms with Gasteiger partial charge in [0.1, 0.15) is 0 Å². The van der Waals surface area contributed by atoms with E-state index in [0.29, 0.717) is 4.90 Å². The zero-order chi connectivity index (χ0) is 15.3. The van der Waals surface area contributed by atoms with Crippen molar-refractivity contribution in [3.8, 4) is 0 Å². The van der Waals surface area contributed by atoms with Gasteiger partial charge in [-0.3, -0.25) is 0 Å². The molecule has 116 valence electrons. The predicted molar refractivity (Wildman–Crippen MR) is 88.2 cm³/mol. The Hall–Kier alpha value is -1.09. The average Bonchev–Trinajstić information content (AvgIpc) is 3.00. The topological polar surface area (TPSA) is 34.1 Å². The number of aryl methyl sites for hydroxylation is 1. The first-order chi connectivity index (χ1) is 10.1. The Morgan fingerprint density at radius 3 is 2.67 bits per heavy atom. The van der Waals surface area contributed by atoms with Gasteiger partial charge < -0.3 is 0 Å². The molecule has 0 amide bonds. The molecule has 0 bridgehead atoms. The Morgan fingerprint density at radius 2 is 2.05 bits per heavy atom. The summed E-state index contributed by atoms with van der Waals surface area (Å²) < 4.78 is 25.8. The number of benzene rings is 1. The summed E-state index contributed by atoms with van der Waals surface area (Å²) in [4.78, 5) is 0.466. The van der Waals surface area contributed by atoms with Gasteiger partial charge in [-0.25, -0.2) is 8.42 Å². The minimum Gasteiger partial charge on any atom is -0.223 e. The van der Waals surface area contributed by atoms with Crippen LogP contribution in [0.15, 0.2) is 41.8 Å². The summed E-state index contributed by atoms with van der Waals surface area (Å²) >= 11 is 0. The Balaban J connectivity index is 2.26. The number of hydrogen-bond acceptors (Lipinski definition) is 2. The highest BCUT2D eigenvalue weighted by atomic mass is 32.2. The van der Waals surface area contributed by atoms with Crippen LogP contribution < -0.4 is 0 Å². The molecular formula is C18H26O2S. The van der Waals surface area contributed by atoms with E-state index in [1.165, 1.54) is 0 Å². The molecule has 21 heavy (non-hydrogen) atoms. The number of unbranched alkanes of at least 4 members (excludes halogenated alkanes) is 1. The third-order valence-corrected chi connectivity index (χ3v) is 6.71. The molecule has 1 fully saturated rings. The van der Waals surface area contributed by atoms with Crippen molar-refractivity contribution in [3.63, 3.8) is 0 Å². The molecule has 0 heterocycles. The van der Waals surface area contributed by atoms with Crippen molar-refractivity contribution in [2.45, 2.75) is 62.0 Å². The van der Waals surface area contributed by atoms with Crippen LogP contribution >= 0.6 is 0 Å². The van der Waals surface area contributed by atoms with Gasteiger partial charge in [0.25, 0.3) is 0 Å². The summed E-state index contributed by atoms with van der Waals surface area (Å²) in [6.07, 6.45) is 9.09. The Labute approximate surface area is 129 Å². The summed E-state index contributed by atoms with van der Waals surface area (Å²) in [6.45, 7) is 5.94. The van der Waals surface area contributed by atoms with Gasteiger partial charge in [-0.1, -0.05) is 44.4 Å². The molecule has 1 saturated carbocycles. The third kappa shape index (κ3) is 3.76. The first kappa shape index (κ1) is 16.3. The Morgan fingerprint density at radius 1 is 1.33 bits per heavy atom. The molecule has 1 aromatic rings. The summed E-state index contributed by atoms with van der Waals surface area (Å²) in [5.74, 6) is 0.242. The monoisotopic (exact) mass is 306 g/mol. The molecule has 1 aliphatic rings. The lowest BCUT2D eigenvalue weighted by molar-refractivity contribution is 0.521. The largest absolute Gasteiger partial charge is 0.223 e. The molecule has 1 aliphatic carbocycles. The molecule has 3 heteroatoms. The summed E-state index contributed by atoms with van der Waals surface area (Å²) in [5.41, 5.74) is 1.12. The standard InChI is InChI=1S/C18H26O2S/c1-3-5-9-15-10-8-13-17(14-15)21(19,20)18(4-2)16-11-6-7-12-16/h4,8,10,13-14,16,18H,2-3,5-7,9,11-12H2,1H3. The van der Waals surface area contributed by atoms with Crippen LogP contribution in [-0.2, 0) is 16.3 Å². The van der Waals surface area contributed by atoms with Gasteiger partial charge in [0.05, 0.1) is 10.1 Å². The van der Waals surface area contributed by atoms with E-state index in [2.05, 4.69) is 13.5 Å². The van der Waals surface area contributed by atoms with Crippen LogP contribution in [0.5, 0.6) is 0 Å². The SMILES string of the molecule is C=CC(C1CCCC1)S(=O)(=O)c1cccc(CCCC)c1. The quantitative estimate of drug-likeness (QED) is 0.693. The second-order valence-corrected chi connectivity index (χ2v) is 8.15. The van der Waals surface area contributed by atoms with E-state index in [-0.39, 0.29) is 5.92 Å². The van der Waals surface area contributed by atoms with Crippen LogP contribution in [0.4, 0.5) is 0 Å². The number of sulfone groups is 1. The van der Waals surface area contributed by atoms with Gasteiger partial charge in [0, 0.05) is 0 Å². The van der Waals surface area contributed by atoms with Gasteiger partial charge >= 0.3 is 0 Å². The highest BCUT2D eigenvalue weighted by Gasteiger charge is 2.33. The minimum absolute atomic E-state index is 0.242. The predicted octanol–water partition coefficient (Wildman–Crippen LogP) is 4.55. The van der Waals surface area contributed by atoms with Crippen LogP contribution in [0.2, 0.25) is 0 Å². The maximum Gasteiger partial charge on any atom is 0.185 e. The van der Waals surface area contributed by atoms with Crippen LogP contribution in [0.3, 0.4) is 0 Å². The highest BCUT2D eigenvalue weighted by Crippen LogP contribution is 2.34. The van der Waals surface area contributed by atoms with Crippen LogP contribution in [0, 0.1) is 5.92 Å². The fraction of sp³-hybridized carbons (Fsp3) is 0.556. The second kappa shape index (κ2) is 7.26. The Kier molecular flexibility index (Phi) is 5.63. The summed E-state index contributed by atoms with van der Waals surface area (Å²) in [5, 5.41) is -0.429. The first-order valence-corrected chi connectivity index (χ1v) is 9.59. The molecule has 2 rings (SSSR count). The zero-order valence-corrected chi connectivity index (χ0v) is 13.7. The van der Waals surface area contributed by atoms with E-state index >= 15 is 0 Å². The lowest BCUT2D eigenvalue weighted by Crippen LogP contribution is -2.26. The fourth-order valence-corrected chi connectivity index (χ4v) is 5.20. The van der Waals surface area contributed by atoms with Crippen molar-refractivity contribution in [1.29, 1.82) is 0 Å². The third-order valence-electron chi connectivity index (χ3n) is 4.50. The minimum atomic E-state index is -3.30. The van der Waals surface area contributed by atoms with Crippen molar-refractivity contribution in [1.82, 2.24) is 0 Å². The van der Waals surface area contributed by atoms with Crippen molar-refractivity contribution < 1.29 is 8.42 Å². The lowest BCUT2D eigenvalue weighted by atomic mass is 10.0. The van der Waals surface area contributed by atoms with Gasteiger partial charge in [-0.2, -0.15) is 0 Å². The lowest BCUT2D eigenvalue weighted by Gasteiger charge is -2.20. The molecule has 0 radical (unpaired) electrons. The molecule has 1 atom stereocenters. The van der Waals surface area contributed by atoms with Gasteiger partial charge in [-0.05, 0) is 49.3 Å². The smallest absolute Gasteiger partial charge is 0.185 e. The summed E-state index contributed by atoms with van der Waals surface area (Å²) in [6, 6.07) is 7.48. The average molecular weight is 306 g/mol. The van der Waals surface area contributed by atoms with E-state index in [1.807, 2.05) is 18.2 Å². The van der Waals surface area contributed by atoms with Crippen molar-refractivity contribution >= 4 is 9.84 Å².